The summed E-state index contributed by atoms with van der Waals surface area (Å²) in [5, 5.41) is 14.1. The van der Waals surface area contributed by atoms with Gasteiger partial charge in [0.1, 0.15) is 11.6 Å². The summed E-state index contributed by atoms with van der Waals surface area (Å²) < 4.78 is 13.7. The van der Waals surface area contributed by atoms with Crippen molar-refractivity contribution in [3.63, 3.8) is 0 Å². The summed E-state index contributed by atoms with van der Waals surface area (Å²) in [4.78, 5) is 16.7. The van der Waals surface area contributed by atoms with Crippen LogP contribution in [0.1, 0.15) is 78.4 Å². The van der Waals surface area contributed by atoms with E-state index in [4.69, 9.17) is 0 Å². The Morgan fingerprint density at radius 1 is 0.878 bits per heavy atom. The Morgan fingerprint density at radius 3 is 2.07 bits per heavy atom. The van der Waals surface area contributed by atoms with E-state index in [9.17, 15) is 14.3 Å². The number of aromatic nitrogens is 1. The van der Waals surface area contributed by atoms with E-state index in [1.54, 1.807) is 12.3 Å². The number of nitrogens with zero attached hydrogens (tertiary/aromatic N) is 1. The van der Waals surface area contributed by atoms with Gasteiger partial charge in [-0.2, -0.15) is 0 Å². The van der Waals surface area contributed by atoms with E-state index in [0.29, 0.717) is 0 Å². The molecule has 41 heavy (non-hydrogen) atoms. The Bertz CT molecular complexity index is 1510. The third-order valence-corrected chi connectivity index (χ3v) is 8.73. The van der Waals surface area contributed by atoms with Gasteiger partial charge in [0.2, 0.25) is 0 Å². The van der Waals surface area contributed by atoms with Crippen LogP contribution >= 0.6 is 0 Å². The molecule has 3 aromatic carbocycles. The maximum absolute atomic E-state index is 13.7. The molecule has 4 rings (SSSR count). The number of aryl methyl sites for hydroxylation is 2. The molecule has 1 radical (unpaired) electrons. The molecule has 0 fully saturated rings. The number of aliphatic hydroxyl groups is 1. The summed E-state index contributed by atoms with van der Waals surface area (Å²) in [5.41, 5.74) is 3.53. The minimum Gasteiger partial charge on any atom is -0.512 e. The molecule has 0 aliphatic carbocycles. The first-order valence-corrected chi connectivity index (χ1v) is 14.3. The Hall–Kier alpha value is -2.88. The normalized spacial score (nSPS) is 12.1. The van der Waals surface area contributed by atoms with Crippen LogP contribution in [0.2, 0.25) is 0 Å². The average molecular weight is 733 g/mol. The zero-order valence-corrected chi connectivity index (χ0v) is 28.0. The molecular formula is C36H43FIrNO2-. The van der Waals surface area contributed by atoms with Gasteiger partial charge in [-0.15, -0.1) is 34.9 Å². The number of benzene rings is 3. The monoisotopic (exact) mass is 733 g/mol. The molecule has 1 heterocycles. The number of carbonyl (C=O) groups excluding carboxylic acids is 1. The maximum Gasteiger partial charge on any atom is 0.164 e. The number of allylic oxidation sites excluding steroid dienone is 2. The number of carbonyl (C=O) groups is 1. The van der Waals surface area contributed by atoms with Crippen LogP contribution < -0.4 is 0 Å². The topological polar surface area (TPSA) is 50.2 Å². The second kappa shape index (κ2) is 14.3. The van der Waals surface area contributed by atoms with Crippen molar-refractivity contribution in [1.29, 1.82) is 0 Å². The molecule has 0 aliphatic heterocycles. The van der Waals surface area contributed by atoms with Gasteiger partial charge in [-0.05, 0) is 71.1 Å². The van der Waals surface area contributed by atoms with Crippen molar-refractivity contribution < 1.29 is 34.4 Å². The molecule has 0 amide bonds. The Morgan fingerprint density at radius 2 is 1.49 bits per heavy atom. The summed E-state index contributed by atoms with van der Waals surface area (Å²) in [7, 11) is 0. The number of aliphatic hydroxyl groups excluding tert-OH is 1. The second-order valence-electron chi connectivity index (χ2n) is 11.4. The number of pyridine rings is 1. The van der Waals surface area contributed by atoms with Crippen molar-refractivity contribution in [3.8, 4) is 11.3 Å². The van der Waals surface area contributed by atoms with E-state index in [1.807, 2.05) is 66.7 Å². The van der Waals surface area contributed by atoms with Crippen molar-refractivity contribution in [1.82, 2.24) is 4.98 Å². The van der Waals surface area contributed by atoms with E-state index < -0.39 is 0 Å². The van der Waals surface area contributed by atoms with Gasteiger partial charge in [0.15, 0.2) is 5.78 Å². The first-order chi connectivity index (χ1) is 18.9. The molecule has 5 heteroatoms. The molecule has 221 valence electrons. The first-order valence-electron chi connectivity index (χ1n) is 14.3. The molecule has 0 spiro atoms. The smallest absolute Gasteiger partial charge is 0.164 e. The number of halogens is 1. The predicted molar refractivity (Wildman–Crippen MR) is 166 cm³/mol. The van der Waals surface area contributed by atoms with Crippen molar-refractivity contribution in [2.45, 2.75) is 81.1 Å². The van der Waals surface area contributed by atoms with Crippen LogP contribution in [-0.2, 0) is 24.9 Å². The first kappa shape index (κ1) is 34.3. The quantitative estimate of drug-likeness (QED) is 0.0850. The second-order valence-corrected chi connectivity index (χ2v) is 11.4. The number of rotatable bonds is 8. The van der Waals surface area contributed by atoms with Crippen LogP contribution in [0.5, 0.6) is 0 Å². The molecule has 1 aromatic heterocycles. The van der Waals surface area contributed by atoms with Gasteiger partial charge in [0.25, 0.3) is 0 Å². The molecule has 3 nitrogen and oxygen atoms in total. The number of ketones is 1. The molecule has 0 unspecified atom stereocenters. The largest absolute Gasteiger partial charge is 0.512 e. The minimum atomic E-state index is -0.337. The van der Waals surface area contributed by atoms with Gasteiger partial charge in [-0.3, -0.25) is 4.79 Å². The minimum absolute atomic E-state index is 0. The van der Waals surface area contributed by atoms with E-state index in [1.165, 1.54) is 17.7 Å². The van der Waals surface area contributed by atoms with Crippen molar-refractivity contribution in [2.24, 2.45) is 10.8 Å². The summed E-state index contributed by atoms with van der Waals surface area (Å²) in [6.07, 6.45) is 6.54. The fourth-order valence-electron chi connectivity index (χ4n) is 4.88. The summed E-state index contributed by atoms with van der Waals surface area (Å²) in [6, 6.07) is 18.5. The Kier molecular flexibility index (Phi) is 12.0. The van der Waals surface area contributed by atoms with E-state index in [-0.39, 0.29) is 48.3 Å². The van der Waals surface area contributed by atoms with Gasteiger partial charge in [-0.1, -0.05) is 73.6 Å². The molecular weight excluding hydrogens is 690 g/mol. The molecule has 1 N–H and O–H groups in total. The van der Waals surface area contributed by atoms with Crippen molar-refractivity contribution in [2.75, 3.05) is 0 Å². The number of hydrogen-bond donors (Lipinski definition) is 1. The fraction of sp³-hybridized carbons (Fsp3) is 0.389. The Labute approximate surface area is 258 Å². The van der Waals surface area contributed by atoms with Gasteiger partial charge in [0, 0.05) is 43.2 Å². The van der Waals surface area contributed by atoms with Gasteiger partial charge >= 0.3 is 0 Å². The molecule has 0 aliphatic rings. The molecule has 4 aromatic rings. The maximum atomic E-state index is 13.7. The van der Waals surface area contributed by atoms with E-state index in [0.717, 1.165) is 64.0 Å². The zero-order valence-electron chi connectivity index (χ0n) is 25.6. The van der Waals surface area contributed by atoms with Gasteiger partial charge in [0.05, 0.1) is 0 Å². The third-order valence-electron chi connectivity index (χ3n) is 8.73. The molecule has 0 bridgehead atoms. The van der Waals surface area contributed by atoms with Crippen LogP contribution in [0.3, 0.4) is 0 Å². The summed E-state index contributed by atoms with van der Waals surface area (Å²) in [6.45, 7) is 16.2. The average Bonchev–Trinajstić information content (AvgIpc) is 2.95. The Balaban J connectivity index is 0.000000296. The van der Waals surface area contributed by atoms with Crippen molar-refractivity contribution >= 4 is 27.3 Å². The van der Waals surface area contributed by atoms with Crippen LogP contribution in [0.15, 0.2) is 66.6 Å². The molecule has 0 saturated heterocycles. The van der Waals surface area contributed by atoms with E-state index >= 15 is 0 Å². The zero-order chi connectivity index (χ0) is 29.7. The van der Waals surface area contributed by atoms with Crippen LogP contribution in [0.4, 0.5) is 4.39 Å². The molecule has 0 atom stereocenters. The summed E-state index contributed by atoms with van der Waals surface area (Å²) >= 11 is 0. The van der Waals surface area contributed by atoms with Crippen LogP contribution in [0.25, 0.3) is 32.8 Å². The molecule has 0 saturated carbocycles. The summed E-state index contributed by atoms with van der Waals surface area (Å²) in [5.74, 6) is 0.0649. The fourth-order valence-corrected chi connectivity index (χ4v) is 4.88. The standard InChI is InChI=1S/C21H15FN.C15H28O2.Ir/c1-13-9-14(2)11-16(10-13)21-19-6-4-15-3-5-17(22)12-20(15)18(19)7-8-23-21;1-7-14(5,8-2)12(16)11-13(17)15(6,9-3)10-4;/h3-10,12H,1-2H3;11,16H,7-10H2,1-6H3;/q-1;;/b;12-11-;. The van der Waals surface area contributed by atoms with Crippen LogP contribution in [-0.4, -0.2) is 15.9 Å². The van der Waals surface area contributed by atoms with Gasteiger partial charge in [-0.25, -0.2) is 4.39 Å². The third kappa shape index (κ3) is 7.70. The SMILES string of the molecule is CCC(C)(CC)C(=O)/C=C(\O)C(C)(CC)CC.Cc1[c-]c(-c2nccc3c2ccc2ccc(F)cc23)cc(C)c1.[Ir]. The van der Waals surface area contributed by atoms with Crippen molar-refractivity contribution in [3.05, 3.63) is 89.6 Å². The number of hydrogen-bond acceptors (Lipinski definition) is 3. The van der Waals surface area contributed by atoms with E-state index in [2.05, 4.69) is 36.2 Å². The predicted octanol–water partition coefficient (Wildman–Crippen LogP) is 10.3. The van der Waals surface area contributed by atoms with Gasteiger partial charge < -0.3 is 10.1 Å². The number of fused-ring (bicyclic) bond motifs is 3. The van der Waals surface area contributed by atoms with Crippen LogP contribution in [0, 0.1) is 36.6 Å².